The van der Waals surface area contributed by atoms with E-state index in [1.54, 1.807) is 24.3 Å². The van der Waals surface area contributed by atoms with Gasteiger partial charge in [0.2, 0.25) is 0 Å². The third-order valence-electron chi connectivity index (χ3n) is 5.33. The fraction of sp³-hybridized carbons (Fsp3) is 0.455. The predicted octanol–water partition coefficient (Wildman–Crippen LogP) is 2.55. The molecule has 0 saturated carbocycles. The van der Waals surface area contributed by atoms with Gasteiger partial charge in [-0.15, -0.1) is 0 Å². The van der Waals surface area contributed by atoms with E-state index in [2.05, 4.69) is 9.80 Å². The Bertz CT molecular complexity index is 749. The summed E-state index contributed by atoms with van der Waals surface area (Å²) < 4.78 is 16.8. The van der Waals surface area contributed by atoms with E-state index in [-0.39, 0.29) is 11.5 Å². The zero-order chi connectivity index (χ0) is 20.1. The number of nitrogens with zero attached hydrogens (tertiary/aromatic N) is 2. The van der Waals surface area contributed by atoms with Crippen LogP contribution in [0.25, 0.3) is 0 Å². The minimum Gasteiger partial charge on any atom is -0.508 e. The number of hydrogen-bond acceptors (Lipinski definition) is 7. The van der Waals surface area contributed by atoms with Crippen LogP contribution < -0.4 is 4.74 Å². The number of benzene rings is 2. The van der Waals surface area contributed by atoms with Crippen LogP contribution in [-0.2, 0) is 22.6 Å². The van der Waals surface area contributed by atoms with Crippen molar-refractivity contribution in [3.8, 4) is 23.0 Å². The fourth-order valence-electron chi connectivity index (χ4n) is 3.64. The van der Waals surface area contributed by atoms with Gasteiger partial charge in [-0.3, -0.25) is 9.80 Å². The SMILES string of the molecule is Oc1ccc(Oc2ccc(O)c(CN3CCOCC3)c2)cc1CN1CCOCC1. The molecule has 0 atom stereocenters. The van der Waals surface area contributed by atoms with Crippen LogP contribution in [0.15, 0.2) is 36.4 Å². The Labute approximate surface area is 171 Å². The molecule has 0 amide bonds. The second-order valence-electron chi connectivity index (χ2n) is 7.46. The van der Waals surface area contributed by atoms with Crippen LogP contribution in [0.2, 0.25) is 0 Å². The van der Waals surface area contributed by atoms with Gasteiger partial charge in [0, 0.05) is 50.4 Å². The lowest BCUT2D eigenvalue weighted by Gasteiger charge is -2.27. The molecular formula is C22H28N2O5. The molecule has 2 N–H and O–H groups in total. The average Bonchev–Trinajstić information content (AvgIpc) is 2.74. The van der Waals surface area contributed by atoms with Crippen LogP contribution in [0.3, 0.4) is 0 Å². The smallest absolute Gasteiger partial charge is 0.128 e. The van der Waals surface area contributed by atoms with Crippen molar-refractivity contribution in [2.75, 3.05) is 52.6 Å². The van der Waals surface area contributed by atoms with Gasteiger partial charge in [-0.25, -0.2) is 0 Å². The molecule has 7 heteroatoms. The number of aromatic hydroxyl groups is 2. The molecule has 2 heterocycles. The minimum atomic E-state index is 0.266. The number of rotatable bonds is 6. The minimum absolute atomic E-state index is 0.266. The van der Waals surface area contributed by atoms with Crippen LogP contribution >= 0.6 is 0 Å². The van der Waals surface area contributed by atoms with E-state index in [0.29, 0.717) is 24.6 Å². The Morgan fingerprint density at radius 2 is 1.10 bits per heavy atom. The molecule has 0 aliphatic carbocycles. The van der Waals surface area contributed by atoms with Crippen LogP contribution in [0.4, 0.5) is 0 Å². The summed E-state index contributed by atoms with van der Waals surface area (Å²) in [4.78, 5) is 4.51. The van der Waals surface area contributed by atoms with Crippen molar-refractivity contribution >= 4 is 0 Å². The van der Waals surface area contributed by atoms with E-state index >= 15 is 0 Å². The van der Waals surface area contributed by atoms with Crippen molar-refractivity contribution < 1.29 is 24.4 Å². The molecule has 2 aromatic carbocycles. The summed E-state index contributed by atoms with van der Waals surface area (Å²) in [7, 11) is 0. The largest absolute Gasteiger partial charge is 0.508 e. The molecule has 0 bridgehead atoms. The molecule has 29 heavy (non-hydrogen) atoms. The van der Waals surface area contributed by atoms with Crippen LogP contribution in [0, 0.1) is 0 Å². The van der Waals surface area contributed by atoms with Gasteiger partial charge in [-0.2, -0.15) is 0 Å². The molecule has 2 aliphatic heterocycles. The lowest BCUT2D eigenvalue weighted by molar-refractivity contribution is 0.0338. The highest BCUT2D eigenvalue weighted by Crippen LogP contribution is 2.31. The van der Waals surface area contributed by atoms with Crippen LogP contribution in [-0.4, -0.2) is 72.6 Å². The van der Waals surface area contributed by atoms with Crippen molar-refractivity contribution in [1.29, 1.82) is 0 Å². The van der Waals surface area contributed by atoms with Gasteiger partial charge in [0.1, 0.15) is 23.0 Å². The third kappa shape index (κ3) is 5.39. The van der Waals surface area contributed by atoms with E-state index in [1.807, 2.05) is 12.1 Å². The van der Waals surface area contributed by atoms with Crippen LogP contribution in [0.1, 0.15) is 11.1 Å². The average molecular weight is 400 g/mol. The van der Waals surface area contributed by atoms with Crippen molar-refractivity contribution in [2.45, 2.75) is 13.1 Å². The van der Waals surface area contributed by atoms with Crippen molar-refractivity contribution in [1.82, 2.24) is 9.80 Å². The maximum atomic E-state index is 10.2. The van der Waals surface area contributed by atoms with Gasteiger partial charge in [0.05, 0.1) is 26.4 Å². The summed E-state index contributed by atoms with van der Waals surface area (Å²) in [6.45, 7) is 7.61. The highest BCUT2D eigenvalue weighted by atomic mass is 16.5. The molecule has 4 rings (SSSR count). The fourth-order valence-corrected chi connectivity index (χ4v) is 3.64. The zero-order valence-corrected chi connectivity index (χ0v) is 16.5. The molecule has 2 aromatic rings. The first-order chi connectivity index (χ1) is 14.2. The maximum absolute atomic E-state index is 10.2. The Morgan fingerprint density at radius 1 is 0.690 bits per heavy atom. The first-order valence-corrected chi connectivity index (χ1v) is 10.1. The molecule has 7 nitrogen and oxygen atoms in total. The topological polar surface area (TPSA) is 74.6 Å². The molecule has 0 spiro atoms. The van der Waals surface area contributed by atoms with Gasteiger partial charge >= 0.3 is 0 Å². The van der Waals surface area contributed by atoms with E-state index in [0.717, 1.165) is 63.7 Å². The standard InChI is InChI=1S/C22H28N2O5/c25-21-3-1-19(13-17(21)15-23-5-9-27-10-6-23)29-20-2-4-22(26)18(14-20)16-24-7-11-28-12-8-24/h1-4,13-14,25-26H,5-12,15-16H2. The second-order valence-corrected chi connectivity index (χ2v) is 7.46. The molecule has 0 aromatic heterocycles. The molecule has 0 radical (unpaired) electrons. The molecule has 2 fully saturated rings. The van der Waals surface area contributed by atoms with Gasteiger partial charge in [-0.05, 0) is 36.4 Å². The molecule has 2 saturated heterocycles. The second kappa shape index (κ2) is 9.45. The first-order valence-electron chi connectivity index (χ1n) is 10.1. The van der Waals surface area contributed by atoms with Gasteiger partial charge in [0.15, 0.2) is 0 Å². The first kappa shape index (κ1) is 20.0. The molecule has 156 valence electrons. The zero-order valence-electron chi connectivity index (χ0n) is 16.5. The normalized spacial score (nSPS) is 18.6. The van der Waals surface area contributed by atoms with E-state index in [9.17, 15) is 10.2 Å². The van der Waals surface area contributed by atoms with Crippen molar-refractivity contribution in [3.05, 3.63) is 47.5 Å². The summed E-state index contributed by atoms with van der Waals surface area (Å²) >= 11 is 0. The summed E-state index contributed by atoms with van der Waals surface area (Å²) in [5.74, 6) is 1.85. The van der Waals surface area contributed by atoms with Gasteiger partial charge in [0.25, 0.3) is 0 Å². The van der Waals surface area contributed by atoms with Crippen LogP contribution in [0.5, 0.6) is 23.0 Å². The van der Waals surface area contributed by atoms with E-state index in [4.69, 9.17) is 14.2 Å². The number of phenols is 2. The number of morpholine rings is 2. The summed E-state index contributed by atoms with van der Waals surface area (Å²) in [5.41, 5.74) is 1.66. The summed E-state index contributed by atoms with van der Waals surface area (Å²) in [6, 6.07) is 10.6. The molecule has 2 aliphatic rings. The Kier molecular flexibility index (Phi) is 6.51. The quantitative estimate of drug-likeness (QED) is 0.772. The molecular weight excluding hydrogens is 372 g/mol. The highest BCUT2D eigenvalue weighted by Gasteiger charge is 2.15. The summed E-state index contributed by atoms with van der Waals surface area (Å²) in [5, 5.41) is 20.5. The summed E-state index contributed by atoms with van der Waals surface area (Å²) in [6.07, 6.45) is 0. The predicted molar refractivity (Wildman–Crippen MR) is 108 cm³/mol. The highest BCUT2D eigenvalue weighted by molar-refractivity contribution is 5.44. The lowest BCUT2D eigenvalue weighted by atomic mass is 10.1. The number of hydrogen-bond donors (Lipinski definition) is 2. The van der Waals surface area contributed by atoms with Gasteiger partial charge < -0.3 is 24.4 Å². The molecule has 0 unspecified atom stereocenters. The number of ether oxygens (including phenoxy) is 3. The Hall–Kier alpha value is -2.32. The monoisotopic (exact) mass is 400 g/mol. The van der Waals surface area contributed by atoms with Crippen molar-refractivity contribution in [3.63, 3.8) is 0 Å². The van der Waals surface area contributed by atoms with E-state index in [1.165, 1.54) is 0 Å². The Balaban J connectivity index is 1.45. The number of phenolic OH excluding ortho intramolecular Hbond substituents is 2. The van der Waals surface area contributed by atoms with Crippen molar-refractivity contribution in [2.24, 2.45) is 0 Å². The third-order valence-corrected chi connectivity index (χ3v) is 5.33. The van der Waals surface area contributed by atoms with Gasteiger partial charge in [-0.1, -0.05) is 0 Å². The maximum Gasteiger partial charge on any atom is 0.128 e. The van der Waals surface area contributed by atoms with E-state index < -0.39 is 0 Å². The lowest BCUT2D eigenvalue weighted by Crippen LogP contribution is -2.35. The Morgan fingerprint density at radius 3 is 1.52 bits per heavy atom.